The molecule has 0 saturated carbocycles. The van der Waals surface area contributed by atoms with Gasteiger partial charge in [0.1, 0.15) is 0 Å². The number of hydrogen-bond acceptors (Lipinski definition) is 5. The molecule has 0 bridgehead atoms. The van der Waals surface area contributed by atoms with E-state index in [-0.39, 0.29) is 0 Å². The number of para-hydroxylation sites is 4. The van der Waals surface area contributed by atoms with Gasteiger partial charge in [-0.3, -0.25) is 0 Å². The molecule has 16 rings (SSSR count). The third-order valence-corrected chi connectivity index (χ3v) is 15.7. The highest BCUT2D eigenvalue weighted by atomic mass is 15.1. The Hall–Kier alpha value is -11.1. The highest BCUT2D eigenvalue weighted by Gasteiger charge is 2.24. The Labute approximate surface area is 465 Å². The summed E-state index contributed by atoms with van der Waals surface area (Å²) in [6.45, 7) is 0. The van der Waals surface area contributed by atoms with Crippen LogP contribution < -0.4 is 0 Å². The summed E-state index contributed by atoms with van der Waals surface area (Å²) in [5.74, 6) is 2.31. The summed E-state index contributed by atoms with van der Waals surface area (Å²) >= 11 is 0. The van der Waals surface area contributed by atoms with E-state index in [1.165, 1.54) is 21.5 Å². The molecule has 0 aliphatic carbocycles. The zero-order valence-electron chi connectivity index (χ0n) is 43.6. The second-order valence-electron chi connectivity index (χ2n) is 20.4. The fourth-order valence-corrected chi connectivity index (χ4v) is 12.0. The highest BCUT2D eigenvalue weighted by molar-refractivity contribution is 6.14. The summed E-state index contributed by atoms with van der Waals surface area (Å²) in [5, 5.41) is 7.06. The van der Waals surface area contributed by atoms with Crippen LogP contribution in [0.1, 0.15) is 0 Å². The second kappa shape index (κ2) is 18.8. The lowest BCUT2D eigenvalue weighted by Gasteiger charge is -2.17. The minimum Gasteiger partial charge on any atom is -0.309 e. The van der Waals surface area contributed by atoms with E-state index in [4.69, 9.17) is 24.9 Å². The Kier molecular flexibility index (Phi) is 10.7. The lowest BCUT2D eigenvalue weighted by Crippen LogP contribution is -2.04. The van der Waals surface area contributed by atoms with Gasteiger partial charge in [0.15, 0.2) is 23.3 Å². The van der Waals surface area contributed by atoms with Crippen LogP contribution in [0.5, 0.6) is 0 Å². The number of hydrogen-bond donors (Lipinski definition) is 0. The van der Waals surface area contributed by atoms with Gasteiger partial charge in [0.25, 0.3) is 0 Å². The summed E-state index contributed by atoms with van der Waals surface area (Å²) < 4.78 is 7.20. The lowest BCUT2D eigenvalue weighted by molar-refractivity contribution is 1.06. The molecule has 378 valence electrons. The van der Waals surface area contributed by atoms with Gasteiger partial charge in [-0.25, -0.2) is 24.9 Å². The Bertz CT molecular complexity index is 4710. The van der Waals surface area contributed by atoms with Crippen molar-refractivity contribution in [1.29, 1.82) is 0 Å². The quantitative estimate of drug-likeness (QED) is 0.144. The van der Waals surface area contributed by atoms with Crippen molar-refractivity contribution < 1.29 is 0 Å². The molecule has 81 heavy (non-hydrogen) atoms. The van der Waals surface area contributed by atoms with Crippen LogP contribution in [0, 0.1) is 0 Å². The van der Waals surface area contributed by atoms with Crippen LogP contribution in [-0.2, 0) is 0 Å². The molecule has 5 heterocycles. The summed E-state index contributed by atoms with van der Waals surface area (Å²) in [7, 11) is 0. The molecule has 0 spiro atoms. The smallest absolute Gasteiger partial charge is 0.166 e. The van der Waals surface area contributed by atoms with E-state index < -0.39 is 0 Å². The van der Waals surface area contributed by atoms with Gasteiger partial charge in [0.2, 0.25) is 0 Å². The fourth-order valence-electron chi connectivity index (χ4n) is 12.0. The van der Waals surface area contributed by atoms with E-state index in [2.05, 4.69) is 220 Å². The molecule has 8 nitrogen and oxygen atoms in total. The van der Waals surface area contributed by atoms with Crippen LogP contribution in [-0.4, -0.2) is 38.6 Å². The van der Waals surface area contributed by atoms with Crippen LogP contribution in [0.4, 0.5) is 0 Å². The minimum absolute atomic E-state index is 0.527. The Morgan fingerprint density at radius 2 is 0.556 bits per heavy atom. The Morgan fingerprint density at radius 3 is 0.988 bits per heavy atom. The van der Waals surface area contributed by atoms with Crippen molar-refractivity contribution in [2.24, 2.45) is 0 Å². The highest BCUT2D eigenvalue weighted by Crippen LogP contribution is 2.43. The SMILES string of the molecule is c1ccc(-c2cc(-c3ccc(-n4c5ccc(-n6c7ccccc7c7ccccc76)cc5c5cc(-n6c7ccccc7c7ccccc76)ccc54)c(-c4nc(-c5ccccc5)nc(-c5ccccc5)n4)c3)nc(-c3ccccc3)n2)cc1. The predicted octanol–water partition coefficient (Wildman–Crippen LogP) is 18.0. The summed E-state index contributed by atoms with van der Waals surface area (Å²) in [6, 6.07) is 98.2. The molecule has 0 aliphatic rings. The number of aromatic nitrogens is 8. The summed E-state index contributed by atoms with van der Waals surface area (Å²) in [4.78, 5) is 26.5. The van der Waals surface area contributed by atoms with Crippen molar-refractivity contribution >= 4 is 65.4 Å². The van der Waals surface area contributed by atoms with Crippen molar-refractivity contribution in [3.05, 3.63) is 279 Å². The van der Waals surface area contributed by atoms with Crippen LogP contribution in [0.15, 0.2) is 279 Å². The van der Waals surface area contributed by atoms with Crippen LogP contribution in [0.25, 0.3) is 151 Å². The zero-order chi connectivity index (χ0) is 53.4. The molecule has 11 aromatic carbocycles. The van der Waals surface area contributed by atoms with Crippen molar-refractivity contribution in [1.82, 2.24) is 38.6 Å². The topological polar surface area (TPSA) is 79.2 Å². The first-order valence-corrected chi connectivity index (χ1v) is 27.2. The number of nitrogens with zero attached hydrogens (tertiary/aromatic N) is 8. The van der Waals surface area contributed by atoms with E-state index in [9.17, 15) is 0 Å². The molecule has 8 heteroatoms. The van der Waals surface area contributed by atoms with Crippen molar-refractivity contribution in [3.63, 3.8) is 0 Å². The lowest BCUT2D eigenvalue weighted by atomic mass is 10.0. The molecule has 0 saturated heterocycles. The number of benzene rings is 11. The number of rotatable bonds is 9. The molecule has 0 amide bonds. The molecule has 0 fully saturated rings. The average Bonchev–Trinajstić information content (AvgIpc) is 4.02. The van der Waals surface area contributed by atoms with Crippen LogP contribution in [0.2, 0.25) is 0 Å². The molecule has 0 aliphatic heterocycles. The van der Waals surface area contributed by atoms with E-state index in [0.29, 0.717) is 23.3 Å². The fraction of sp³-hybridized carbons (Fsp3) is 0. The zero-order valence-corrected chi connectivity index (χ0v) is 43.6. The molecular formula is C73H46N8. The van der Waals surface area contributed by atoms with Gasteiger partial charge in [-0.15, -0.1) is 0 Å². The Morgan fingerprint density at radius 1 is 0.210 bits per heavy atom. The third kappa shape index (κ3) is 7.72. The maximum atomic E-state index is 5.43. The molecule has 0 atom stereocenters. The third-order valence-electron chi connectivity index (χ3n) is 15.7. The van der Waals surface area contributed by atoms with Gasteiger partial charge in [-0.05, 0) is 78.9 Å². The minimum atomic E-state index is 0.527. The van der Waals surface area contributed by atoms with Crippen molar-refractivity contribution in [3.8, 4) is 85.1 Å². The maximum absolute atomic E-state index is 5.43. The molecule has 16 aromatic rings. The van der Waals surface area contributed by atoms with Gasteiger partial charge in [0.05, 0.1) is 50.2 Å². The standard InChI is InChI=1S/C73H46N8/c1-5-21-47(22-6-1)61-46-62(75-70(74-61)48-23-7-2-8-24-48)51-37-40-69(60(43-51)73-77-71(49-25-9-3-10-26-49)76-72(78-73)50-27-11-4-12-28-50)81-67-41-38-52(79-63-33-17-13-29-54(63)55-30-14-18-34-64(55)79)44-58(67)59-45-53(39-42-68(59)81)80-65-35-19-15-31-56(65)57-32-16-20-36-66(57)80/h1-46H. The first-order chi connectivity index (χ1) is 40.2. The summed E-state index contributed by atoms with van der Waals surface area (Å²) in [6.07, 6.45) is 0. The van der Waals surface area contributed by atoms with Crippen molar-refractivity contribution in [2.45, 2.75) is 0 Å². The molecule has 0 N–H and O–H groups in total. The molecule has 0 radical (unpaired) electrons. The van der Waals surface area contributed by atoms with Gasteiger partial charge in [-0.2, -0.15) is 0 Å². The largest absolute Gasteiger partial charge is 0.309 e. The first kappa shape index (κ1) is 46.0. The van der Waals surface area contributed by atoms with Gasteiger partial charge in [0, 0.05) is 77.1 Å². The van der Waals surface area contributed by atoms with E-state index in [1.807, 2.05) is 72.8 Å². The van der Waals surface area contributed by atoms with Crippen LogP contribution in [0.3, 0.4) is 0 Å². The molecule has 0 unspecified atom stereocenters. The average molecular weight is 1040 g/mol. The predicted molar refractivity (Wildman–Crippen MR) is 331 cm³/mol. The second-order valence-corrected chi connectivity index (χ2v) is 20.4. The van der Waals surface area contributed by atoms with Crippen molar-refractivity contribution in [2.75, 3.05) is 0 Å². The molecular weight excluding hydrogens is 989 g/mol. The monoisotopic (exact) mass is 1030 g/mol. The van der Waals surface area contributed by atoms with E-state index in [0.717, 1.165) is 106 Å². The molecule has 5 aromatic heterocycles. The number of fused-ring (bicyclic) bond motifs is 9. The normalized spacial score (nSPS) is 11.7. The van der Waals surface area contributed by atoms with Gasteiger partial charge >= 0.3 is 0 Å². The van der Waals surface area contributed by atoms with E-state index in [1.54, 1.807) is 0 Å². The summed E-state index contributed by atoms with van der Waals surface area (Å²) in [5.41, 5.74) is 16.7. The van der Waals surface area contributed by atoms with Crippen LogP contribution >= 0.6 is 0 Å². The van der Waals surface area contributed by atoms with Gasteiger partial charge in [-0.1, -0.05) is 200 Å². The first-order valence-electron chi connectivity index (χ1n) is 27.2. The Balaban J connectivity index is 0.998. The maximum Gasteiger partial charge on any atom is 0.166 e. The van der Waals surface area contributed by atoms with E-state index >= 15 is 0 Å². The van der Waals surface area contributed by atoms with Gasteiger partial charge < -0.3 is 13.7 Å².